The van der Waals surface area contributed by atoms with Gasteiger partial charge in [-0.2, -0.15) is 0 Å². The second-order valence-corrected chi connectivity index (χ2v) is 26.0. The summed E-state index contributed by atoms with van der Waals surface area (Å²) in [7, 11) is 0. The van der Waals surface area contributed by atoms with E-state index in [1.54, 1.807) is 6.08 Å². The van der Waals surface area contributed by atoms with E-state index in [2.05, 4.69) is 38.2 Å². The second-order valence-electron chi connectivity index (χ2n) is 26.0. The van der Waals surface area contributed by atoms with Crippen LogP contribution < -0.4 is 5.32 Å². The largest absolute Gasteiger partial charge is 0.454 e. The van der Waals surface area contributed by atoms with E-state index in [4.69, 9.17) is 14.2 Å². The van der Waals surface area contributed by atoms with Crippen LogP contribution >= 0.6 is 0 Å². The Bertz CT molecular complexity index is 1480. The van der Waals surface area contributed by atoms with E-state index in [9.17, 15) is 35.1 Å². The van der Waals surface area contributed by atoms with Crippen LogP contribution in [0.4, 0.5) is 0 Å². The van der Waals surface area contributed by atoms with Crippen molar-refractivity contribution in [1.29, 1.82) is 0 Å². The molecule has 11 heteroatoms. The quantitative estimate of drug-likeness (QED) is 0.0195. The fourth-order valence-electron chi connectivity index (χ4n) is 12.0. The molecular formula is C74H141NO10. The van der Waals surface area contributed by atoms with Gasteiger partial charge < -0.3 is 45.1 Å². The first-order valence-corrected chi connectivity index (χ1v) is 37.1. The number of nitrogens with one attached hydrogen (secondary N) is 1. The number of aliphatic hydroxyl groups is 5. The van der Waals surface area contributed by atoms with E-state index in [0.29, 0.717) is 19.3 Å². The minimum atomic E-state index is -1.61. The SMILES string of the molecule is CCCCCCCC/C=C/CCCCCCCCCCCCCCCCCC(=O)OC1C(OCC(NC(=O)C(O)CCCCCCCCCCCCCCCCCCCC)C(O)/C=C/CCCCCCCCCCCCC)OC(CO)C(O)C1O. The van der Waals surface area contributed by atoms with Gasteiger partial charge >= 0.3 is 5.97 Å². The van der Waals surface area contributed by atoms with Gasteiger partial charge in [0.05, 0.1) is 25.4 Å². The highest BCUT2D eigenvalue weighted by Gasteiger charge is 2.47. The van der Waals surface area contributed by atoms with Gasteiger partial charge in [-0.05, 0) is 51.4 Å². The number of hydrogen-bond acceptors (Lipinski definition) is 10. The van der Waals surface area contributed by atoms with Crippen molar-refractivity contribution in [3.8, 4) is 0 Å². The summed E-state index contributed by atoms with van der Waals surface area (Å²) < 4.78 is 17.7. The lowest BCUT2D eigenvalue weighted by Crippen LogP contribution is -2.61. The smallest absolute Gasteiger partial charge is 0.306 e. The Morgan fingerprint density at radius 3 is 1.14 bits per heavy atom. The number of allylic oxidation sites excluding steroid dienone is 3. The summed E-state index contributed by atoms with van der Waals surface area (Å²) in [6.45, 7) is 5.86. The molecule has 1 saturated heterocycles. The fraction of sp³-hybridized carbons (Fsp3) is 0.919. The van der Waals surface area contributed by atoms with Crippen molar-refractivity contribution < 1.29 is 49.3 Å². The maximum atomic E-state index is 13.5. The van der Waals surface area contributed by atoms with Gasteiger partial charge in [0.25, 0.3) is 0 Å². The topological polar surface area (TPSA) is 175 Å². The molecule has 502 valence electrons. The average molecular weight is 1200 g/mol. The van der Waals surface area contributed by atoms with Gasteiger partial charge in [0, 0.05) is 6.42 Å². The molecule has 8 atom stereocenters. The van der Waals surface area contributed by atoms with Crippen LogP contribution in [-0.4, -0.2) is 99.6 Å². The zero-order chi connectivity index (χ0) is 61.7. The Morgan fingerprint density at radius 1 is 0.447 bits per heavy atom. The first-order chi connectivity index (χ1) is 41.7. The van der Waals surface area contributed by atoms with Crippen LogP contribution in [0.15, 0.2) is 24.3 Å². The van der Waals surface area contributed by atoms with E-state index < -0.39 is 67.4 Å². The molecule has 8 unspecified atom stereocenters. The van der Waals surface area contributed by atoms with Gasteiger partial charge in [-0.1, -0.05) is 340 Å². The molecule has 6 N–H and O–H groups in total. The lowest BCUT2D eigenvalue weighted by molar-refractivity contribution is -0.305. The molecule has 0 bridgehead atoms. The molecule has 1 heterocycles. The van der Waals surface area contributed by atoms with E-state index in [1.807, 2.05) is 6.08 Å². The highest BCUT2D eigenvalue weighted by Crippen LogP contribution is 2.27. The van der Waals surface area contributed by atoms with Crippen molar-refractivity contribution in [1.82, 2.24) is 5.32 Å². The molecule has 0 aromatic rings. The first kappa shape index (κ1) is 81.2. The third-order valence-electron chi connectivity index (χ3n) is 17.9. The Hall–Kier alpha value is -1.86. The van der Waals surface area contributed by atoms with E-state index >= 15 is 0 Å². The Labute approximate surface area is 524 Å². The summed E-state index contributed by atoms with van der Waals surface area (Å²) in [5.41, 5.74) is 0. The standard InChI is InChI=1S/C74H141NO10/c1-4-7-10-13-16-19-22-25-27-29-31-32-33-34-35-36-37-39-41-44-47-50-53-56-59-62-69(79)85-72-71(81)70(80)68(63-76)84-74(72)83-64-65(66(77)60-57-54-51-48-45-42-24-21-18-15-12-9-6-3)75-73(82)67(78)61-58-55-52-49-46-43-40-38-30-28-26-23-20-17-14-11-8-5-2/h25,27,57,60,65-68,70-72,74,76-78,80-81H,4-24,26,28-56,58-59,61-64H2,1-3H3,(H,75,82)/b27-25+,60-57+. The normalized spacial score (nSPS) is 18.4. The van der Waals surface area contributed by atoms with Gasteiger partial charge in [-0.3, -0.25) is 9.59 Å². The molecule has 85 heavy (non-hydrogen) atoms. The molecule has 1 aliphatic rings. The van der Waals surface area contributed by atoms with E-state index in [0.717, 1.165) is 57.8 Å². The van der Waals surface area contributed by atoms with Gasteiger partial charge in [0.2, 0.25) is 5.91 Å². The lowest BCUT2D eigenvalue weighted by Gasteiger charge is -2.41. The van der Waals surface area contributed by atoms with E-state index in [-0.39, 0.29) is 13.0 Å². The summed E-state index contributed by atoms with van der Waals surface area (Å²) in [4.78, 5) is 26.7. The molecule has 0 radical (unpaired) electrons. The Balaban J connectivity index is 2.54. The Kier molecular flexibility index (Phi) is 59.5. The van der Waals surface area contributed by atoms with E-state index in [1.165, 1.54) is 270 Å². The molecule has 0 saturated carbocycles. The minimum absolute atomic E-state index is 0.129. The predicted molar refractivity (Wildman–Crippen MR) is 357 cm³/mol. The van der Waals surface area contributed by atoms with Crippen molar-refractivity contribution in [3.63, 3.8) is 0 Å². The number of rotatable bonds is 65. The number of carbonyl (C=O) groups excluding carboxylic acids is 2. The molecule has 11 nitrogen and oxygen atoms in total. The van der Waals surface area contributed by atoms with Crippen molar-refractivity contribution in [3.05, 3.63) is 24.3 Å². The van der Waals surface area contributed by atoms with Crippen molar-refractivity contribution in [2.75, 3.05) is 13.2 Å². The second kappa shape index (κ2) is 62.3. The summed E-state index contributed by atoms with van der Waals surface area (Å²) in [6.07, 6.45) is 65.1. The monoisotopic (exact) mass is 1200 g/mol. The van der Waals surface area contributed by atoms with Crippen LogP contribution in [0.3, 0.4) is 0 Å². The number of aliphatic hydroxyl groups excluding tert-OH is 5. The number of esters is 1. The zero-order valence-corrected chi connectivity index (χ0v) is 56.0. The number of hydrogen-bond donors (Lipinski definition) is 6. The average Bonchev–Trinajstić information content (AvgIpc) is 3.34. The van der Waals surface area contributed by atoms with Crippen LogP contribution in [-0.2, 0) is 23.8 Å². The molecule has 0 aromatic heterocycles. The third-order valence-corrected chi connectivity index (χ3v) is 17.9. The van der Waals surface area contributed by atoms with Gasteiger partial charge in [0.1, 0.15) is 24.4 Å². The first-order valence-electron chi connectivity index (χ1n) is 37.1. The fourth-order valence-corrected chi connectivity index (χ4v) is 12.0. The molecule has 1 aliphatic heterocycles. The van der Waals surface area contributed by atoms with Crippen LogP contribution in [0.25, 0.3) is 0 Å². The van der Waals surface area contributed by atoms with Gasteiger partial charge in [-0.25, -0.2) is 0 Å². The number of ether oxygens (including phenoxy) is 3. The summed E-state index contributed by atoms with van der Waals surface area (Å²) >= 11 is 0. The molecule has 1 rings (SSSR count). The zero-order valence-electron chi connectivity index (χ0n) is 56.0. The maximum absolute atomic E-state index is 13.5. The molecule has 0 aliphatic carbocycles. The lowest BCUT2D eigenvalue weighted by atomic mass is 9.99. The summed E-state index contributed by atoms with van der Waals surface area (Å²) in [5, 5.41) is 57.3. The highest BCUT2D eigenvalue weighted by molar-refractivity contribution is 5.80. The number of unbranched alkanes of at least 4 members (excludes halogenated alkanes) is 49. The van der Waals surface area contributed by atoms with Gasteiger partial charge in [-0.15, -0.1) is 0 Å². The predicted octanol–water partition coefficient (Wildman–Crippen LogP) is 19.2. The van der Waals surface area contributed by atoms with Crippen LogP contribution in [0.1, 0.15) is 374 Å². The Morgan fingerprint density at radius 2 is 0.776 bits per heavy atom. The third kappa shape index (κ3) is 49.6. The molecule has 1 fully saturated rings. The van der Waals surface area contributed by atoms with Crippen LogP contribution in [0.5, 0.6) is 0 Å². The molecular weight excluding hydrogens is 1060 g/mol. The van der Waals surface area contributed by atoms with Crippen molar-refractivity contribution in [2.45, 2.75) is 423 Å². The number of carbonyl (C=O) groups is 2. The summed E-state index contributed by atoms with van der Waals surface area (Å²) in [5.74, 6) is -1.17. The minimum Gasteiger partial charge on any atom is -0.454 e. The van der Waals surface area contributed by atoms with Crippen LogP contribution in [0, 0.1) is 0 Å². The molecule has 1 amide bonds. The van der Waals surface area contributed by atoms with Crippen molar-refractivity contribution >= 4 is 11.9 Å². The van der Waals surface area contributed by atoms with Gasteiger partial charge in [0.15, 0.2) is 12.4 Å². The van der Waals surface area contributed by atoms with Crippen LogP contribution in [0.2, 0.25) is 0 Å². The molecule has 0 aromatic carbocycles. The highest BCUT2D eigenvalue weighted by atomic mass is 16.7. The number of amides is 1. The maximum Gasteiger partial charge on any atom is 0.306 e. The summed E-state index contributed by atoms with van der Waals surface area (Å²) in [6, 6.07) is -1.02. The van der Waals surface area contributed by atoms with Crippen molar-refractivity contribution in [2.24, 2.45) is 0 Å². The molecule has 0 spiro atoms.